The van der Waals surface area contributed by atoms with Gasteiger partial charge in [-0.3, -0.25) is 14.5 Å². The summed E-state index contributed by atoms with van der Waals surface area (Å²) in [5.74, 6) is 0.888. The van der Waals surface area contributed by atoms with E-state index in [2.05, 4.69) is 208 Å². The molecule has 0 radical (unpaired) electrons. The molecule has 6 nitrogen and oxygen atoms in total. The number of hydrogen-bond donors (Lipinski definition) is 0. The Morgan fingerprint density at radius 1 is 0.286 bits per heavy atom. The Morgan fingerprint density at radius 2 is 0.778 bits per heavy atom. The summed E-state index contributed by atoms with van der Waals surface area (Å²) in [6.45, 7) is 0. The fourth-order valence-corrected chi connectivity index (χ4v) is 9.71. The first-order chi connectivity index (χ1) is 31.2. The molecule has 6 heterocycles. The zero-order chi connectivity index (χ0) is 41.4. The van der Waals surface area contributed by atoms with Gasteiger partial charge in [0.15, 0.2) is 0 Å². The van der Waals surface area contributed by atoms with Gasteiger partial charge in [-0.05, 0) is 113 Å². The van der Waals surface area contributed by atoms with Crippen molar-refractivity contribution in [1.29, 1.82) is 0 Å². The van der Waals surface area contributed by atoms with Crippen molar-refractivity contribution in [2.45, 2.75) is 0 Å². The molecule has 63 heavy (non-hydrogen) atoms. The quantitative estimate of drug-likeness (QED) is 0.168. The Labute approximate surface area is 362 Å². The SMILES string of the molecule is c1ccc(-c2cc(-c3ccccc3)nc(-n3c4ccccc4c4cc(-c5ccc6c(c5)c5ccccc5n6-c5cccc(-n6c7cccnc7c7ncccc76)c5)ccc43)c2)cc1. The van der Waals surface area contributed by atoms with Crippen molar-refractivity contribution in [1.82, 2.24) is 28.7 Å². The molecule has 0 fully saturated rings. The summed E-state index contributed by atoms with van der Waals surface area (Å²) in [6.07, 6.45) is 3.68. The maximum Gasteiger partial charge on any atom is 0.138 e. The summed E-state index contributed by atoms with van der Waals surface area (Å²) in [6, 6.07) is 73.7. The summed E-state index contributed by atoms with van der Waals surface area (Å²) in [5, 5.41) is 4.79. The Bertz CT molecular complexity index is 3800. The van der Waals surface area contributed by atoms with Gasteiger partial charge in [0.1, 0.15) is 16.9 Å². The summed E-state index contributed by atoms with van der Waals surface area (Å²) in [5.41, 5.74) is 17.2. The third-order valence-electron chi connectivity index (χ3n) is 12.5. The van der Waals surface area contributed by atoms with Crippen molar-refractivity contribution in [3.05, 3.63) is 219 Å². The lowest BCUT2D eigenvalue weighted by Crippen LogP contribution is -2.00. The van der Waals surface area contributed by atoms with Crippen molar-refractivity contribution in [2.75, 3.05) is 0 Å². The monoisotopic (exact) mass is 804 g/mol. The topological polar surface area (TPSA) is 53.5 Å². The fraction of sp³-hybridized carbons (Fsp3) is 0. The van der Waals surface area contributed by atoms with E-state index < -0.39 is 0 Å². The minimum Gasteiger partial charge on any atom is -0.309 e. The van der Waals surface area contributed by atoms with Crippen LogP contribution in [0.25, 0.3) is 116 Å². The van der Waals surface area contributed by atoms with Crippen molar-refractivity contribution >= 4 is 65.7 Å². The lowest BCUT2D eigenvalue weighted by molar-refractivity contribution is 1.08. The predicted molar refractivity (Wildman–Crippen MR) is 259 cm³/mol. The molecule has 13 aromatic rings. The summed E-state index contributed by atoms with van der Waals surface area (Å²) in [4.78, 5) is 14.8. The van der Waals surface area contributed by atoms with Crippen LogP contribution in [-0.2, 0) is 0 Å². The van der Waals surface area contributed by atoms with E-state index in [0.29, 0.717) is 0 Å². The molecule has 0 aliphatic rings. The molecule has 0 N–H and O–H groups in total. The van der Waals surface area contributed by atoms with Crippen LogP contribution in [0.4, 0.5) is 0 Å². The van der Waals surface area contributed by atoms with Crippen molar-refractivity contribution < 1.29 is 0 Å². The molecule has 0 saturated heterocycles. The highest BCUT2D eigenvalue weighted by Gasteiger charge is 2.19. The second kappa shape index (κ2) is 14.0. The van der Waals surface area contributed by atoms with Crippen LogP contribution in [-0.4, -0.2) is 28.7 Å². The van der Waals surface area contributed by atoms with E-state index in [-0.39, 0.29) is 0 Å². The maximum atomic E-state index is 5.34. The van der Waals surface area contributed by atoms with Gasteiger partial charge >= 0.3 is 0 Å². The van der Waals surface area contributed by atoms with Gasteiger partial charge in [-0.15, -0.1) is 0 Å². The average Bonchev–Trinajstić information content (AvgIpc) is 4.00. The van der Waals surface area contributed by atoms with E-state index in [0.717, 1.165) is 89.3 Å². The first kappa shape index (κ1) is 35.2. The van der Waals surface area contributed by atoms with Gasteiger partial charge in [-0.1, -0.05) is 115 Å². The molecule has 294 valence electrons. The van der Waals surface area contributed by atoms with Gasteiger partial charge in [0.25, 0.3) is 0 Å². The lowest BCUT2D eigenvalue weighted by atomic mass is 10.0. The number of rotatable bonds is 6. The summed E-state index contributed by atoms with van der Waals surface area (Å²) < 4.78 is 6.98. The Balaban J connectivity index is 0.959. The van der Waals surface area contributed by atoms with Gasteiger partial charge in [-0.25, -0.2) is 4.98 Å². The molecular weight excluding hydrogens is 769 g/mol. The third-order valence-corrected chi connectivity index (χ3v) is 12.5. The van der Waals surface area contributed by atoms with E-state index in [9.17, 15) is 0 Å². The minimum absolute atomic E-state index is 0.888. The highest BCUT2D eigenvalue weighted by Crippen LogP contribution is 2.40. The van der Waals surface area contributed by atoms with Crippen LogP contribution in [0.5, 0.6) is 0 Å². The van der Waals surface area contributed by atoms with Crippen molar-refractivity contribution in [3.63, 3.8) is 0 Å². The van der Waals surface area contributed by atoms with Gasteiger partial charge in [0, 0.05) is 50.9 Å². The highest BCUT2D eigenvalue weighted by molar-refractivity contribution is 6.13. The number of nitrogens with zero attached hydrogens (tertiary/aromatic N) is 6. The lowest BCUT2D eigenvalue weighted by Gasteiger charge is -2.13. The van der Waals surface area contributed by atoms with E-state index in [1.54, 1.807) is 0 Å². The fourth-order valence-electron chi connectivity index (χ4n) is 9.71. The van der Waals surface area contributed by atoms with E-state index >= 15 is 0 Å². The number of para-hydroxylation sites is 2. The highest BCUT2D eigenvalue weighted by atomic mass is 15.1. The average molecular weight is 805 g/mol. The maximum absolute atomic E-state index is 5.34. The minimum atomic E-state index is 0.888. The van der Waals surface area contributed by atoms with Crippen LogP contribution in [0.2, 0.25) is 0 Å². The molecule has 0 aliphatic heterocycles. The first-order valence-corrected chi connectivity index (χ1v) is 21.3. The van der Waals surface area contributed by atoms with Gasteiger partial charge < -0.3 is 9.13 Å². The number of benzene rings is 7. The number of hydrogen-bond acceptors (Lipinski definition) is 3. The second-order valence-corrected chi connectivity index (χ2v) is 16.1. The Morgan fingerprint density at radius 3 is 1.40 bits per heavy atom. The van der Waals surface area contributed by atoms with E-state index in [4.69, 9.17) is 15.0 Å². The zero-order valence-corrected chi connectivity index (χ0v) is 34.0. The molecule has 0 atom stereocenters. The van der Waals surface area contributed by atoms with Crippen LogP contribution < -0.4 is 0 Å². The molecule has 13 rings (SSSR count). The molecular formula is C57H36N6. The smallest absolute Gasteiger partial charge is 0.138 e. The molecule has 7 aromatic carbocycles. The Hall–Kier alpha value is -8.61. The number of pyridine rings is 3. The number of fused-ring (bicyclic) bond motifs is 9. The van der Waals surface area contributed by atoms with Gasteiger partial charge in [0.2, 0.25) is 0 Å². The third kappa shape index (κ3) is 5.55. The molecule has 0 bridgehead atoms. The normalized spacial score (nSPS) is 11.8. The van der Waals surface area contributed by atoms with Crippen LogP contribution in [0.1, 0.15) is 0 Å². The molecule has 0 spiro atoms. The molecule has 6 heteroatoms. The van der Waals surface area contributed by atoms with E-state index in [1.165, 1.54) is 27.1 Å². The zero-order valence-electron chi connectivity index (χ0n) is 34.0. The standard InChI is InChI=1S/C57H36N6/c1-3-14-37(15-4-1)41-34-48(38-16-5-2-6-17-38)60-55(35-41)63-50-23-10-8-21-45(50)47-33-40(27-29-52(47)63)39-26-28-51-46(32-39)44-20-7-9-22-49(44)61(51)42-18-11-19-43(36-42)62-53-24-12-30-58-56(53)57-54(62)25-13-31-59-57/h1-36H. The molecule has 0 saturated carbocycles. The molecule has 0 unspecified atom stereocenters. The largest absolute Gasteiger partial charge is 0.309 e. The molecule has 0 amide bonds. The molecule has 6 aromatic heterocycles. The van der Waals surface area contributed by atoms with Gasteiger partial charge in [-0.2, -0.15) is 0 Å². The summed E-state index contributed by atoms with van der Waals surface area (Å²) in [7, 11) is 0. The predicted octanol–water partition coefficient (Wildman–Crippen LogP) is 14.2. The van der Waals surface area contributed by atoms with Crippen LogP contribution in [0, 0.1) is 0 Å². The second-order valence-electron chi connectivity index (χ2n) is 16.1. The number of aromatic nitrogens is 6. The van der Waals surface area contributed by atoms with Crippen LogP contribution >= 0.6 is 0 Å². The Kier molecular flexibility index (Phi) is 7.80. The summed E-state index contributed by atoms with van der Waals surface area (Å²) >= 11 is 0. The van der Waals surface area contributed by atoms with Crippen molar-refractivity contribution in [3.8, 4) is 50.7 Å². The van der Waals surface area contributed by atoms with Crippen LogP contribution in [0.3, 0.4) is 0 Å². The van der Waals surface area contributed by atoms with E-state index in [1.807, 2.05) is 24.5 Å². The van der Waals surface area contributed by atoms with Crippen LogP contribution in [0.15, 0.2) is 219 Å². The molecule has 0 aliphatic carbocycles. The van der Waals surface area contributed by atoms with Crippen molar-refractivity contribution in [2.24, 2.45) is 0 Å². The first-order valence-electron chi connectivity index (χ1n) is 21.3. The van der Waals surface area contributed by atoms with Gasteiger partial charge in [0.05, 0.1) is 38.8 Å².